The number of hydrogen-bond donors (Lipinski definition) is 1. The largest absolute Gasteiger partial charge is 0.491 e. The van der Waals surface area contributed by atoms with Crippen LogP contribution in [0.15, 0.2) is 24.3 Å². The first-order valence-corrected chi connectivity index (χ1v) is 9.17. The Morgan fingerprint density at radius 3 is 2.71 bits per heavy atom. The van der Waals surface area contributed by atoms with Gasteiger partial charge in [-0.1, -0.05) is 31.9 Å². The van der Waals surface area contributed by atoms with Crippen molar-refractivity contribution in [3.8, 4) is 5.75 Å². The maximum absolute atomic E-state index is 11.9. The lowest BCUT2D eigenvalue weighted by Gasteiger charge is -2.15. The summed E-state index contributed by atoms with van der Waals surface area (Å²) in [6, 6.07) is 7.49. The SMILES string of the molecule is CCCCCOc1ccccc1NC(=O)OCCCN1CCCC1. The van der Waals surface area contributed by atoms with Crippen molar-refractivity contribution in [2.75, 3.05) is 38.2 Å². The predicted octanol–water partition coefficient (Wildman–Crippen LogP) is 4.29. The molecule has 0 unspecified atom stereocenters. The fraction of sp³-hybridized carbons (Fsp3) is 0.632. The summed E-state index contributed by atoms with van der Waals surface area (Å²) in [5.74, 6) is 0.697. The minimum atomic E-state index is -0.416. The van der Waals surface area contributed by atoms with Crippen molar-refractivity contribution < 1.29 is 14.3 Å². The Bertz CT molecular complexity index is 487. The van der Waals surface area contributed by atoms with Gasteiger partial charge >= 0.3 is 6.09 Å². The Labute approximate surface area is 145 Å². The van der Waals surface area contributed by atoms with Gasteiger partial charge in [0.25, 0.3) is 0 Å². The van der Waals surface area contributed by atoms with E-state index in [0.29, 0.717) is 24.7 Å². The van der Waals surface area contributed by atoms with E-state index >= 15 is 0 Å². The topological polar surface area (TPSA) is 50.8 Å². The molecule has 0 spiro atoms. The second-order valence-corrected chi connectivity index (χ2v) is 6.21. The number of nitrogens with zero attached hydrogens (tertiary/aromatic N) is 1. The summed E-state index contributed by atoms with van der Waals surface area (Å²) in [5, 5.41) is 2.78. The molecule has 0 atom stereocenters. The minimum absolute atomic E-state index is 0.416. The van der Waals surface area contributed by atoms with Crippen molar-refractivity contribution in [1.82, 2.24) is 4.90 Å². The highest BCUT2D eigenvalue weighted by Crippen LogP contribution is 2.24. The molecule has 1 N–H and O–H groups in total. The zero-order valence-electron chi connectivity index (χ0n) is 14.8. The molecule has 1 aliphatic heterocycles. The number of carbonyl (C=O) groups is 1. The van der Waals surface area contributed by atoms with E-state index in [1.165, 1.54) is 25.9 Å². The summed E-state index contributed by atoms with van der Waals surface area (Å²) in [7, 11) is 0. The van der Waals surface area contributed by atoms with Gasteiger partial charge in [-0.25, -0.2) is 4.79 Å². The summed E-state index contributed by atoms with van der Waals surface area (Å²) in [6.07, 6.45) is 6.36. The fourth-order valence-corrected chi connectivity index (χ4v) is 2.84. The highest BCUT2D eigenvalue weighted by molar-refractivity contribution is 5.86. The van der Waals surface area contributed by atoms with Crippen LogP contribution in [0.5, 0.6) is 5.75 Å². The molecule has 1 saturated heterocycles. The van der Waals surface area contributed by atoms with E-state index in [9.17, 15) is 4.79 Å². The van der Waals surface area contributed by atoms with Gasteiger partial charge in [0.15, 0.2) is 0 Å². The van der Waals surface area contributed by atoms with E-state index in [-0.39, 0.29) is 0 Å². The average molecular weight is 334 g/mol. The van der Waals surface area contributed by atoms with Gasteiger partial charge in [0, 0.05) is 6.54 Å². The van der Waals surface area contributed by atoms with Crippen LogP contribution < -0.4 is 10.1 Å². The summed E-state index contributed by atoms with van der Waals surface area (Å²) < 4.78 is 11.0. The number of ether oxygens (including phenoxy) is 2. The van der Waals surface area contributed by atoms with Gasteiger partial charge in [0.05, 0.1) is 18.9 Å². The number of likely N-dealkylation sites (tertiary alicyclic amines) is 1. The molecule has 0 radical (unpaired) electrons. The Balaban J connectivity index is 1.68. The van der Waals surface area contributed by atoms with Crippen LogP contribution in [0.1, 0.15) is 45.4 Å². The van der Waals surface area contributed by atoms with E-state index in [1.807, 2.05) is 24.3 Å². The molecule has 5 heteroatoms. The van der Waals surface area contributed by atoms with E-state index in [0.717, 1.165) is 32.2 Å². The Kier molecular flexibility index (Phi) is 8.46. The number of unbranched alkanes of at least 4 members (excludes halogenated alkanes) is 2. The molecule has 5 nitrogen and oxygen atoms in total. The number of hydrogen-bond acceptors (Lipinski definition) is 4. The van der Waals surface area contributed by atoms with Gasteiger partial charge in [-0.15, -0.1) is 0 Å². The number of para-hydroxylation sites is 2. The number of anilines is 1. The molecule has 1 heterocycles. The highest BCUT2D eigenvalue weighted by Gasteiger charge is 2.12. The van der Waals surface area contributed by atoms with Gasteiger partial charge < -0.3 is 14.4 Å². The molecular formula is C19H30N2O3. The van der Waals surface area contributed by atoms with Crippen molar-refractivity contribution in [3.05, 3.63) is 24.3 Å². The van der Waals surface area contributed by atoms with Crippen molar-refractivity contribution in [1.29, 1.82) is 0 Å². The maximum atomic E-state index is 11.9. The normalized spacial score (nSPS) is 14.5. The zero-order valence-corrected chi connectivity index (χ0v) is 14.8. The van der Waals surface area contributed by atoms with Crippen molar-refractivity contribution in [2.45, 2.75) is 45.4 Å². The van der Waals surface area contributed by atoms with Crippen molar-refractivity contribution in [3.63, 3.8) is 0 Å². The number of rotatable bonds is 10. The smallest absolute Gasteiger partial charge is 0.411 e. The first-order valence-electron chi connectivity index (χ1n) is 9.17. The van der Waals surface area contributed by atoms with Crippen LogP contribution in [-0.4, -0.2) is 43.8 Å². The lowest BCUT2D eigenvalue weighted by Crippen LogP contribution is -2.23. The van der Waals surface area contributed by atoms with Crippen LogP contribution >= 0.6 is 0 Å². The molecule has 1 aromatic carbocycles. The molecule has 1 fully saturated rings. The molecule has 24 heavy (non-hydrogen) atoms. The van der Waals surface area contributed by atoms with Crippen molar-refractivity contribution in [2.24, 2.45) is 0 Å². The van der Waals surface area contributed by atoms with Crippen molar-refractivity contribution >= 4 is 11.8 Å². The predicted molar refractivity (Wildman–Crippen MR) is 96.7 cm³/mol. The molecule has 134 valence electrons. The van der Waals surface area contributed by atoms with E-state index in [2.05, 4.69) is 17.1 Å². The zero-order chi connectivity index (χ0) is 17.0. The Hall–Kier alpha value is -1.75. The van der Waals surface area contributed by atoms with E-state index < -0.39 is 6.09 Å². The average Bonchev–Trinajstić information content (AvgIpc) is 3.10. The second-order valence-electron chi connectivity index (χ2n) is 6.21. The molecule has 1 amide bonds. The molecule has 2 rings (SSSR count). The van der Waals surface area contributed by atoms with Crippen LogP contribution in [0.3, 0.4) is 0 Å². The summed E-state index contributed by atoms with van der Waals surface area (Å²) in [4.78, 5) is 14.4. The number of carbonyl (C=O) groups excluding carboxylic acids is 1. The first-order chi connectivity index (χ1) is 11.8. The maximum Gasteiger partial charge on any atom is 0.411 e. The van der Waals surface area contributed by atoms with E-state index in [4.69, 9.17) is 9.47 Å². The lowest BCUT2D eigenvalue weighted by atomic mass is 10.2. The molecule has 0 aliphatic carbocycles. The van der Waals surface area contributed by atoms with Crippen LogP contribution in [0.2, 0.25) is 0 Å². The minimum Gasteiger partial charge on any atom is -0.491 e. The Morgan fingerprint density at radius 2 is 1.92 bits per heavy atom. The lowest BCUT2D eigenvalue weighted by molar-refractivity contribution is 0.154. The number of nitrogens with one attached hydrogen (secondary N) is 1. The number of amides is 1. The fourth-order valence-electron chi connectivity index (χ4n) is 2.84. The standard InChI is InChI=1S/C19H30N2O3/c1-2-3-8-15-23-18-11-5-4-10-17(18)20-19(22)24-16-9-14-21-12-6-7-13-21/h4-5,10-11H,2-3,6-9,12-16H2,1H3,(H,20,22). The number of benzene rings is 1. The molecule has 1 aliphatic rings. The third-order valence-electron chi connectivity index (χ3n) is 4.18. The molecular weight excluding hydrogens is 304 g/mol. The summed E-state index contributed by atoms with van der Waals surface area (Å²) in [5.41, 5.74) is 0.665. The molecule has 0 aromatic heterocycles. The summed E-state index contributed by atoms with van der Waals surface area (Å²) >= 11 is 0. The molecule has 0 saturated carbocycles. The third-order valence-corrected chi connectivity index (χ3v) is 4.18. The van der Waals surface area contributed by atoms with Gasteiger partial charge in [-0.05, 0) is 50.9 Å². The van der Waals surface area contributed by atoms with Gasteiger partial charge in [0.1, 0.15) is 5.75 Å². The van der Waals surface area contributed by atoms with Crippen LogP contribution in [0.4, 0.5) is 10.5 Å². The summed E-state index contributed by atoms with van der Waals surface area (Å²) in [6.45, 7) is 6.63. The van der Waals surface area contributed by atoms with Crippen LogP contribution in [0.25, 0.3) is 0 Å². The molecule has 1 aromatic rings. The van der Waals surface area contributed by atoms with Crippen LogP contribution in [0, 0.1) is 0 Å². The second kappa shape index (κ2) is 10.9. The van der Waals surface area contributed by atoms with Crippen LogP contribution in [-0.2, 0) is 4.74 Å². The van der Waals surface area contributed by atoms with Gasteiger partial charge in [-0.2, -0.15) is 0 Å². The van der Waals surface area contributed by atoms with Gasteiger partial charge in [0.2, 0.25) is 0 Å². The molecule has 0 bridgehead atoms. The quantitative estimate of drug-likeness (QED) is 0.649. The third kappa shape index (κ3) is 6.79. The Morgan fingerprint density at radius 1 is 1.12 bits per heavy atom. The first kappa shape index (κ1) is 18.6. The van der Waals surface area contributed by atoms with E-state index in [1.54, 1.807) is 0 Å². The van der Waals surface area contributed by atoms with Gasteiger partial charge in [-0.3, -0.25) is 5.32 Å². The highest BCUT2D eigenvalue weighted by atomic mass is 16.5. The monoisotopic (exact) mass is 334 g/mol.